The smallest absolute Gasteiger partial charge is 0.265 e. The Bertz CT molecular complexity index is 902. The minimum Gasteiger partial charge on any atom is -0.480 e. The van der Waals surface area contributed by atoms with E-state index in [9.17, 15) is 9.59 Å². The quantitative estimate of drug-likeness (QED) is 0.645. The summed E-state index contributed by atoms with van der Waals surface area (Å²) in [6, 6.07) is 11.0. The molecule has 2 N–H and O–H groups in total. The third-order valence-electron chi connectivity index (χ3n) is 5.49. The van der Waals surface area contributed by atoms with E-state index < -0.39 is 6.10 Å². The highest BCUT2D eigenvalue weighted by atomic mass is 35.5. The lowest BCUT2D eigenvalue weighted by Gasteiger charge is -2.23. The summed E-state index contributed by atoms with van der Waals surface area (Å²) < 4.78 is 5.89. The van der Waals surface area contributed by atoms with E-state index in [4.69, 9.17) is 16.3 Å². The van der Waals surface area contributed by atoms with Crippen molar-refractivity contribution in [2.24, 2.45) is 0 Å². The van der Waals surface area contributed by atoms with E-state index in [0.717, 1.165) is 36.8 Å². The van der Waals surface area contributed by atoms with E-state index in [2.05, 4.69) is 10.6 Å². The van der Waals surface area contributed by atoms with Crippen molar-refractivity contribution in [1.29, 1.82) is 0 Å². The first kappa shape index (κ1) is 22.2. The molecule has 1 fully saturated rings. The average molecular weight is 429 g/mol. The SMILES string of the molecule is Cc1cccc(C)c1OC(C)C(=O)Nc1ccc(Cl)c(C(=O)NC2CCCCC2)c1. The van der Waals surface area contributed by atoms with Gasteiger partial charge in [-0.1, -0.05) is 49.1 Å². The lowest BCUT2D eigenvalue weighted by atomic mass is 9.95. The molecule has 1 unspecified atom stereocenters. The van der Waals surface area contributed by atoms with E-state index in [-0.39, 0.29) is 17.9 Å². The molecule has 2 aromatic rings. The number of halogens is 1. The zero-order valence-electron chi connectivity index (χ0n) is 17.8. The summed E-state index contributed by atoms with van der Waals surface area (Å²) in [5.41, 5.74) is 2.82. The maximum Gasteiger partial charge on any atom is 0.265 e. The second-order valence-corrected chi connectivity index (χ2v) is 8.38. The zero-order chi connectivity index (χ0) is 21.7. The maximum atomic E-state index is 12.7. The van der Waals surface area contributed by atoms with Crippen LogP contribution in [0, 0.1) is 13.8 Å². The van der Waals surface area contributed by atoms with Crippen LogP contribution in [-0.4, -0.2) is 24.0 Å². The number of hydrogen-bond donors (Lipinski definition) is 2. The average Bonchev–Trinajstić information content (AvgIpc) is 2.72. The number of nitrogens with one attached hydrogen (secondary N) is 2. The van der Waals surface area contributed by atoms with Gasteiger partial charge in [0.15, 0.2) is 6.10 Å². The summed E-state index contributed by atoms with van der Waals surface area (Å²) in [7, 11) is 0. The molecule has 1 saturated carbocycles. The largest absolute Gasteiger partial charge is 0.480 e. The van der Waals surface area contributed by atoms with Crippen LogP contribution in [0.2, 0.25) is 5.02 Å². The predicted molar refractivity (Wildman–Crippen MR) is 120 cm³/mol. The van der Waals surface area contributed by atoms with Crippen LogP contribution >= 0.6 is 11.6 Å². The summed E-state index contributed by atoms with van der Waals surface area (Å²) in [5.74, 6) is 0.213. The van der Waals surface area contributed by atoms with Gasteiger partial charge in [0.2, 0.25) is 0 Å². The van der Waals surface area contributed by atoms with Crippen LogP contribution in [0.15, 0.2) is 36.4 Å². The van der Waals surface area contributed by atoms with Crippen molar-refractivity contribution in [3.8, 4) is 5.75 Å². The number of aryl methyl sites for hydroxylation is 2. The van der Waals surface area contributed by atoms with E-state index in [1.807, 2.05) is 32.0 Å². The number of carbonyl (C=O) groups is 2. The molecule has 30 heavy (non-hydrogen) atoms. The van der Waals surface area contributed by atoms with Gasteiger partial charge in [-0.15, -0.1) is 0 Å². The van der Waals surface area contributed by atoms with E-state index in [1.165, 1.54) is 6.42 Å². The number of anilines is 1. The summed E-state index contributed by atoms with van der Waals surface area (Å²) >= 11 is 6.25. The number of rotatable bonds is 6. The number of benzene rings is 2. The molecule has 0 radical (unpaired) electrons. The monoisotopic (exact) mass is 428 g/mol. The van der Waals surface area contributed by atoms with E-state index in [0.29, 0.717) is 22.0 Å². The van der Waals surface area contributed by atoms with Gasteiger partial charge in [-0.05, 0) is 62.9 Å². The summed E-state index contributed by atoms with van der Waals surface area (Å²) in [6.07, 6.45) is 4.77. The van der Waals surface area contributed by atoms with Gasteiger partial charge in [0.1, 0.15) is 5.75 Å². The Kier molecular flexibility index (Phi) is 7.38. The van der Waals surface area contributed by atoms with Gasteiger partial charge >= 0.3 is 0 Å². The van der Waals surface area contributed by atoms with Crippen molar-refractivity contribution in [3.63, 3.8) is 0 Å². The van der Waals surface area contributed by atoms with Gasteiger partial charge in [0.05, 0.1) is 10.6 Å². The molecule has 0 spiro atoms. The second kappa shape index (κ2) is 9.98. The maximum absolute atomic E-state index is 12.7. The van der Waals surface area contributed by atoms with Gasteiger partial charge in [0, 0.05) is 11.7 Å². The van der Waals surface area contributed by atoms with Crippen LogP contribution in [-0.2, 0) is 4.79 Å². The van der Waals surface area contributed by atoms with Crippen molar-refractivity contribution >= 4 is 29.1 Å². The number of ether oxygens (including phenoxy) is 1. The van der Waals surface area contributed by atoms with Crippen LogP contribution < -0.4 is 15.4 Å². The first-order valence-corrected chi connectivity index (χ1v) is 10.9. The molecule has 0 aliphatic heterocycles. The molecule has 0 aromatic heterocycles. The van der Waals surface area contributed by atoms with Crippen LogP contribution in [0.5, 0.6) is 5.75 Å². The van der Waals surface area contributed by atoms with Gasteiger partial charge < -0.3 is 15.4 Å². The zero-order valence-corrected chi connectivity index (χ0v) is 18.5. The standard InChI is InChI=1S/C24H29ClN2O3/c1-15-8-7-9-16(2)22(15)30-17(3)23(28)27-19-12-13-21(25)20(14-19)24(29)26-18-10-5-4-6-11-18/h7-9,12-14,17-18H,4-6,10-11H2,1-3H3,(H,26,29)(H,27,28). The Balaban J connectivity index is 1.66. The minimum atomic E-state index is -0.694. The lowest BCUT2D eigenvalue weighted by molar-refractivity contribution is -0.122. The Morgan fingerprint density at radius 2 is 1.73 bits per heavy atom. The molecule has 1 atom stereocenters. The Labute approximate surface area is 183 Å². The van der Waals surface area contributed by atoms with Gasteiger partial charge in [-0.3, -0.25) is 9.59 Å². The molecule has 3 rings (SSSR count). The number of carbonyl (C=O) groups excluding carboxylic acids is 2. The first-order chi connectivity index (χ1) is 14.3. The van der Waals surface area contributed by atoms with Crippen LogP contribution in [0.25, 0.3) is 0 Å². The van der Waals surface area contributed by atoms with Crippen LogP contribution in [0.4, 0.5) is 5.69 Å². The highest BCUT2D eigenvalue weighted by Crippen LogP contribution is 2.25. The topological polar surface area (TPSA) is 67.4 Å². The summed E-state index contributed by atoms with van der Waals surface area (Å²) in [4.78, 5) is 25.3. The molecule has 2 aromatic carbocycles. The fraction of sp³-hybridized carbons (Fsp3) is 0.417. The Morgan fingerprint density at radius 1 is 1.07 bits per heavy atom. The van der Waals surface area contributed by atoms with Crippen LogP contribution in [0.3, 0.4) is 0 Å². The fourth-order valence-corrected chi connectivity index (χ4v) is 3.95. The van der Waals surface area contributed by atoms with Crippen molar-refractivity contribution in [3.05, 3.63) is 58.1 Å². The van der Waals surface area contributed by atoms with E-state index in [1.54, 1.807) is 25.1 Å². The molecule has 1 aliphatic rings. The second-order valence-electron chi connectivity index (χ2n) is 7.97. The molecule has 160 valence electrons. The number of hydrogen-bond acceptors (Lipinski definition) is 3. The third-order valence-corrected chi connectivity index (χ3v) is 5.82. The third kappa shape index (κ3) is 5.54. The highest BCUT2D eigenvalue weighted by Gasteiger charge is 2.20. The molecule has 5 nitrogen and oxygen atoms in total. The van der Waals surface area contributed by atoms with Crippen molar-refractivity contribution in [2.45, 2.75) is 65.0 Å². The molecule has 6 heteroatoms. The fourth-order valence-electron chi connectivity index (χ4n) is 3.75. The molecule has 0 heterocycles. The molecular weight excluding hydrogens is 400 g/mol. The van der Waals surface area contributed by atoms with Crippen molar-refractivity contribution in [1.82, 2.24) is 5.32 Å². The predicted octanol–water partition coefficient (Wildman–Crippen LogP) is 5.43. The van der Waals surface area contributed by atoms with Crippen LogP contribution in [0.1, 0.15) is 60.5 Å². The van der Waals surface area contributed by atoms with Gasteiger partial charge in [-0.2, -0.15) is 0 Å². The first-order valence-electron chi connectivity index (χ1n) is 10.5. The Hall–Kier alpha value is -2.53. The Morgan fingerprint density at radius 3 is 2.40 bits per heavy atom. The van der Waals surface area contributed by atoms with Gasteiger partial charge in [-0.25, -0.2) is 0 Å². The van der Waals surface area contributed by atoms with Crippen molar-refractivity contribution < 1.29 is 14.3 Å². The molecule has 1 aliphatic carbocycles. The normalized spacial score (nSPS) is 15.3. The summed E-state index contributed by atoms with van der Waals surface area (Å²) in [5, 5.41) is 6.25. The molecule has 0 saturated heterocycles. The summed E-state index contributed by atoms with van der Waals surface area (Å²) in [6.45, 7) is 5.60. The molecule has 2 amide bonds. The highest BCUT2D eigenvalue weighted by molar-refractivity contribution is 6.34. The molecule has 0 bridgehead atoms. The van der Waals surface area contributed by atoms with Gasteiger partial charge in [0.25, 0.3) is 11.8 Å². The van der Waals surface area contributed by atoms with Crippen molar-refractivity contribution in [2.75, 3.05) is 5.32 Å². The molecular formula is C24H29ClN2O3. The number of amides is 2. The minimum absolute atomic E-state index is 0.186. The number of para-hydroxylation sites is 1. The van der Waals surface area contributed by atoms with E-state index >= 15 is 0 Å². The lowest BCUT2D eigenvalue weighted by Crippen LogP contribution is -2.36.